The van der Waals surface area contributed by atoms with Crippen molar-refractivity contribution in [2.45, 2.75) is 24.1 Å². The number of alkyl halides is 1. The maximum atomic E-state index is 11.4. The number of halogens is 1. The molecule has 1 unspecified atom stereocenters. The minimum atomic E-state index is -3.17. The molecule has 2 nitrogen and oxygen atoms in total. The second-order valence-corrected chi connectivity index (χ2v) is 7.52. The van der Waals surface area contributed by atoms with Gasteiger partial charge in [0.1, 0.15) is 0 Å². The Kier molecular flexibility index (Phi) is 4.21. The molecule has 0 radical (unpaired) electrons. The van der Waals surface area contributed by atoms with Crippen molar-refractivity contribution in [1.82, 2.24) is 0 Å². The molecule has 0 heterocycles. The summed E-state index contributed by atoms with van der Waals surface area (Å²) in [5.74, 6) is 0. The third-order valence-electron chi connectivity index (χ3n) is 3.31. The fourth-order valence-corrected chi connectivity index (χ4v) is 3.11. The Bertz CT molecular complexity index is 719. The summed E-state index contributed by atoms with van der Waals surface area (Å²) < 4.78 is 22.9. The van der Waals surface area contributed by atoms with Gasteiger partial charge in [0.2, 0.25) is 0 Å². The van der Waals surface area contributed by atoms with Crippen molar-refractivity contribution in [3.8, 4) is 0 Å². The van der Waals surface area contributed by atoms with Crippen LogP contribution in [-0.2, 0) is 9.84 Å². The molecule has 0 amide bonds. The normalized spacial score (nSPS) is 13.2. The molecule has 0 saturated carbocycles. The van der Waals surface area contributed by atoms with Crippen LogP contribution in [0.15, 0.2) is 47.4 Å². The average Bonchev–Trinajstić information content (AvgIpc) is 2.40. The fraction of sp³-hybridized carbons (Fsp3) is 0.250. The Balaban J connectivity index is 2.39. The van der Waals surface area contributed by atoms with E-state index in [0.717, 1.165) is 22.3 Å². The standard InChI is InChI=1S/C16H17ClO2S/c1-11-4-5-12(2)15(10-11)16(17)13-6-8-14(9-7-13)20(3,18)19/h4-10,16H,1-3H3. The van der Waals surface area contributed by atoms with Gasteiger partial charge in [-0.2, -0.15) is 0 Å². The topological polar surface area (TPSA) is 34.1 Å². The first-order valence-corrected chi connectivity index (χ1v) is 8.63. The SMILES string of the molecule is Cc1ccc(C)c(C(Cl)c2ccc(S(C)(=O)=O)cc2)c1. The summed E-state index contributed by atoms with van der Waals surface area (Å²) >= 11 is 6.53. The van der Waals surface area contributed by atoms with E-state index >= 15 is 0 Å². The van der Waals surface area contributed by atoms with E-state index in [1.54, 1.807) is 24.3 Å². The van der Waals surface area contributed by atoms with E-state index in [0.29, 0.717) is 4.90 Å². The predicted molar refractivity (Wildman–Crippen MR) is 83.2 cm³/mol. The van der Waals surface area contributed by atoms with Crippen LogP contribution in [0.4, 0.5) is 0 Å². The van der Waals surface area contributed by atoms with Gasteiger partial charge in [-0.1, -0.05) is 35.9 Å². The molecule has 2 aromatic carbocycles. The molecule has 0 aliphatic rings. The van der Waals surface area contributed by atoms with Crippen molar-refractivity contribution < 1.29 is 8.42 Å². The number of benzene rings is 2. The first kappa shape index (κ1) is 15.1. The minimum Gasteiger partial charge on any atom is -0.224 e. The predicted octanol–water partition coefficient (Wildman–Crippen LogP) is 4.04. The molecule has 0 aliphatic carbocycles. The van der Waals surface area contributed by atoms with Crippen LogP contribution < -0.4 is 0 Å². The van der Waals surface area contributed by atoms with Gasteiger partial charge in [-0.15, -0.1) is 11.6 Å². The van der Waals surface area contributed by atoms with Gasteiger partial charge >= 0.3 is 0 Å². The van der Waals surface area contributed by atoms with E-state index < -0.39 is 9.84 Å². The first-order chi connectivity index (χ1) is 9.29. The van der Waals surface area contributed by atoms with E-state index in [1.807, 2.05) is 19.9 Å². The molecular weight excluding hydrogens is 292 g/mol. The van der Waals surface area contributed by atoms with E-state index in [4.69, 9.17) is 11.6 Å². The van der Waals surface area contributed by atoms with E-state index in [1.165, 1.54) is 6.26 Å². The van der Waals surface area contributed by atoms with Crippen molar-refractivity contribution in [2.75, 3.05) is 6.26 Å². The van der Waals surface area contributed by atoms with Gasteiger partial charge in [0, 0.05) is 6.26 Å². The third kappa shape index (κ3) is 3.22. The summed E-state index contributed by atoms with van der Waals surface area (Å²) in [5.41, 5.74) is 4.23. The Morgan fingerprint density at radius 2 is 1.60 bits per heavy atom. The van der Waals surface area contributed by atoms with Crippen molar-refractivity contribution in [2.24, 2.45) is 0 Å². The lowest BCUT2D eigenvalue weighted by atomic mass is 9.98. The summed E-state index contributed by atoms with van der Waals surface area (Å²) in [7, 11) is -3.17. The molecule has 0 bridgehead atoms. The van der Waals surface area contributed by atoms with Crippen LogP contribution in [0.5, 0.6) is 0 Å². The second-order valence-electron chi connectivity index (χ2n) is 5.06. The highest BCUT2D eigenvalue weighted by molar-refractivity contribution is 7.90. The smallest absolute Gasteiger partial charge is 0.175 e. The van der Waals surface area contributed by atoms with Crippen molar-refractivity contribution in [1.29, 1.82) is 0 Å². The number of rotatable bonds is 3. The summed E-state index contributed by atoms with van der Waals surface area (Å²) in [6.45, 7) is 4.05. The maximum Gasteiger partial charge on any atom is 0.175 e. The molecule has 0 saturated heterocycles. The lowest BCUT2D eigenvalue weighted by molar-refractivity contribution is 0.602. The molecule has 20 heavy (non-hydrogen) atoms. The quantitative estimate of drug-likeness (QED) is 0.802. The van der Waals surface area contributed by atoms with Gasteiger partial charge in [0.05, 0.1) is 10.3 Å². The first-order valence-electron chi connectivity index (χ1n) is 6.30. The van der Waals surface area contributed by atoms with Crippen LogP contribution in [0.2, 0.25) is 0 Å². The van der Waals surface area contributed by atoms with Crippen LogP contribution in [0.3, 0.4) is 0 Å². The van der Waals surface area contributed by atoms with Gasteiger partial charge in [-0.05, 0) is 42.7 Å². The van der Waals surface area contributed by atoms with Crippen LogP contribution in [-0.4, -0.2) is 14.7 Å². The maximum absolute atomic E-state index is 11.4. The van der Waals surface area contributed by atoms with Crippen molar-refractivity contribution >= 4 is 21.4 Å². The van der Waals surface area contributed by atoms with Crippen LogP contribution in [0.1, 0.15) is 27.6 Å². The molecule has 106 valence electrons. The summed E-state index contributed by atoms with van der Waals surface area (Å²) in [5, 5.41) is -0.275. The monoisotopic (exact) mass is 308 g/mol. The van der Waals surface area contributed by atoms with Gasteiger partial charge in [0.15, 0.2) is 9.84 Å². The van der Waals surface area contributed by atoms with E-state index in [9.17, 15) is 8.42 Å². The summed E-state index contributed by atoms with van der Waals surface area (Å²) in [4.78, 5) is 0.311. The highest BCUT2D eigenvalue weighted by Crippen LogP contribution is 2.32. The summed E-state index contributed by atoms with van der Waals surface area (Å²) in [6.07, 6.45) is 1.20. The van der Waals surface area contributed by atoms with Gasteiger partial charge in [0.25, 0.3) is 0 Å². The molecule has 2 aromatic rings. The molecular formula is C16H17ClO2S. The number of sulfone groups is 1. The molecule has 0 fully saturated rings. The molecule has 0 spiro atoms. The Hall–Kier alpha value is -1.32. The van der Waals surface area contributed by atoms with Gasteiger partial charge in [-0.3, -0.25) is 0 Å². The molecule has 2 rings (SSSR count). The number of aryl methyl sites for hydroxylation is 2. The molecule has 4 heteroatoms. The largest absolute Gasteiger partial charge is 0.224 e. The van der Waals surface area contributed by atoms with Crippen molar-refractivity contribution in [3.05, 3.63) is 64.7 Å². The Morgan fingerprint density at radius 3 is 2.15 bits per heavy atom. The molecule has 0 aromatic heterocycles. The zero-order chi connectivity index (χ0) is 14.9. The third-order valence-corrected chi connectivity index (χ3v) is 4.92. The zero-order valence-electron chi connectivity index (χ0n) is 11.7. The Morgan fingerprint density at radius 1 is 1.00 bits per heavy atom. The fourth-order valence-electron chi connectivity index (χ4n) is 2.10. The molecule has 1 atom stereocenters. The number of hydrogen-bond donors (Lipinski definition) is 0. The van der Waals surface area contributed by atoms with E-state index in [-0.39, 0.29) is 5.38 Å². The molecule has 0 N–H and O–H groups in total. The highest BCUT2D eigenvalue weighted by Gasteiger charge is 2.14. The van der Waals surface area contributed by atoms with Crippen molar-refractivity contribution in [3.63, 3.8) is 0 Å². The highest BCUT2D eigenvalue weighted by atomic mass is 35.5. The average molecular weight is 309 g/mol. The minimum absolute atomic E-state index is 0.275. The Labute approximate surface area is 125 Å². The van der Waals surface area contributed by atoms with E-state index in [2.05, 4.69) is 12.1 Å². The van der Waals surface area contributed by atoms with Crippen LogP contribution in [0.25, 0.3) is 0 Å². The lowest BCUT2D eigenvalue weighted by Crippen LogP contribution is -2.00. The van der Waals surface area contributed by atoms with Gasteiger partial charge in [-0.25, -0.2) is 8.42 Å². The number of hydrogen-bond acceptors (Lipinski definition) is 2. The summed E-state index contributed by atoms with van der Waals surface area (Å²) in [6, 6.07) is 12.9. The van der Waals surface area contributed by atoms with Gasteiger partial charge < -0.3 is 0 Å². The molecule has 0 aliphatic heterocycles. The second kappa shape index (κ2) is 5.58. The van der Waals surface area contributed by atoms with Crippen LogP contribution in [0, 0.1) is 13.8 Å². The lowest BCUT2D eigenvalue weighted by Gasteiger charge is -2.14. The van der Waals surface area contributed by atoms with Crippen LogP contribution >= 0.6 is 11.6 Å². The zero-order valence-corrected chi connectivity index (χ0v) is 13.3.